The molecule has 0 aromatic heterocycles. The van der Waals surface area contributed by atoms with Crippen LogP contribution in [-0.2, 0) is 15.1 Å². The molecular formula is C26H30N4O4. The van der Waals surface area contributed by atoms with Gasteiger partial charge in [0.05, 0.1) is 11.3 Å². The summed E-state index contributed by atoms with van der Waals surface area (Å²) in [4.78, 5) is 52.7. The molecule has 4 rings (SSSR count). The Hall–Kier alpha value is -3.68. The van der Waals surface area contributed by atoms with Gasteiger partial charge in [0.25, 0.3) is 11.8 Å². The van der Waals surface area contributed by atoms with E-state index in [0.717, 1.165) is 30.6 Å². The third-order valence-electron chi connectivity index (χ3n) is 6.51. The van der Waals surface area contributed by atoms with Crippen LogP contribution in [0.4, 0.5) is 10.5 Å². The van der Waals surface area contributed by atoms with Crippen LogP contribution in [0.2, 0.25) is 0 Å². The van der Waals surface area contributed by atoms with Crippen molar-refractivity contribution in [2.75, 3.05) is 11.9 Å². The van der Waals surface area contributed by atoms with Gasteiger partial charge in [-0.2, -0.15) is 0 Å². The molecule has 8 nitrogen and oxygen atoms in total. The molecule has 1 heterocycles. The number of urea groups is 1. The molecule has 8 heteroatoms. The Kier molecular flexibility index (Phi) is 6.95. The first kappa shape index (κ1) is 23.5. The summed E-state index contributed by atoms with van der Waals surface area (Å²) in [6.45, 7) is 1.49. The van der Waals surface area contributed by atoms with Crippen LogP contribution in [0, 0.1) is 0 Å². The van der Waals surface area contributed by atoms with Gasteiger partial charge in [-0.25, -0.2) is 4.79 Å². The minimum atomic E-state index is -1.19. The molecular weight excluding hydrogens is 432 g/mol. The Morgan fingerprint density at radius 2 is 1.71 bits per heavy atom. The van der Waals surface area contributed by atoms with Crippen LogP contribution in [0.15, 0.2) is 54.6 Å². The highest BCUT2D eigenvalue weighted by molar-refractivity contribution is 6.11. The van der Waals surface area contributed by atoms with Gasteiger partial charge in [-0.3, -0.25) is 19.3 Å². The van der Waals surface area contributed by atoms with Gasteiger partial charge in [0, 0.05) is 6.04 Å². The Labute approximate surface area is 199 Å². The molecule has 34 heavy (non-hydrogen) atoms. The zero-order valence-corrected chi connectivity index (χ0v) is 19.3. The van der Waals surface area contributed by atoms with Crippen molar-refractivity contribution in [3.05, 3.63) is 65.7 Å². The lowest BCUT2D eigenvalue weighted by atomic mass is 9.85. The summed E-state index contributed by atoms with van der Waals surface area (Å²) >= 11 is 0. The first-order chi connectivity index (χ1) is 16.4. The van der Waals surface area contributed by atoms with Crippen LogP contribution < -0.4 is 16.0 Å². The summed E-state index contributed by atoms with van der Waals surface area (Å²) in [5, 5.41) is 8.55. The van der Waals surface area contributed by atoms with Crippen molar-refractivity contribution in [3.63, 3.8) is 0 Å². The number of anilines is 1. The number of amides is 5. The van der Waals surface area contributed by atoms with Crippen molar-refractivity contribution in [3.8, 4) is 0 Å². The standard InChI is InChI=1S/C26H30N4O4/c1-2-16-26(18-10-4-3-5-11-18)24(33)30(25(34)29-26)17-22(31)28-21-15-9-8-14-20(21)23(32)27-19-12-6-7-13-19/h3-5,8-11,14-15,19H,2,6-7,12-13,16-17H2,1H3,(H,27,32)(H,28,31)(H,29,34). The number of nitrogens with zero attached hydrogens (tertiary/aromatic N) is 1. The predicted octanol–water partition coefficient (Wildman–Crippen LogP) is 3.54. The van der Waals surface area contributed by atoms with Crippen molar-refractivity contribution in [1.29, 1.82) is 0 Å². The zero-order valence-electron chi connectivity index (χ0n) is 19.3. The second kappa shape index (κ2) is 10.1. The van der Waals surface area contributed by atoms with E-state index in [1.165, 1.54) is 0 Å². The lowest BCUT2D eigenvalue weighted by Gasteiger charge is -2.26. The summed E-state index contributed by atoms with van der Waals surface area (Å²) < 4.78 is 0. The van der Waals surface area contributed by atoms with Gasteiger partial charge in [-0.05, 0) is 37.0 Å². The zero-order chi connectivity index (χ0) is 24.1. The summed E-state index contributed by atoms with van der Waals surface area (Å²) in [6.07, 6.45) is 5.19. The van der Waals surface area contributed by atoms with Crippen LogP contribution in [0.3, 0.4) is 0 Å². The fourth-order valence-corrected chi connectivity index (χ4v) is 4.83. The number of carbonyl (C=O) groups is 4. The van der Waals surface area contributed by atoms with Gasteiger partial charge in [-0.1, -0.05) is 68.7 Å². The molecule has 2 aliphatic rings. The average Bonchev–Trinajstić information content (AvgIpc) is 3.43. The Bertz CT molecular complexity index is 1080. The van der Waals surface area contributed by atoms with Gasteiger partial charge in [0.1, 0.15) is 12.1 Å². The van der Waals surface area contributed by atoms with Crippen LogP contribution >= 0.6 is 0 Å². The lowest BCUT2D eigenvalue weighted by Crippen LogP contribution is -2.44. The molecule has 1 saturated heterocycles. The molecule has 1 unspecified atom stereocenters. The van der Waals surface area contributed by atoms with E-state index in [2.05, 4.69) is 16.0 Å². The van der Waals surface area contributed by atoms with E-state index in [-0.39, 0.29) is 11.9 Å². The molecule has 2 fully saturated rings. The SMILES string of the molecule is CCCC1(c2ccccc2)NC(=O)N(CC(=O)Nc2ccccc2C(=O)NC2CCCC2)C1=O. The number of hydrogen-bond acceptors (Lipinski definition) is 4. The van der Waals surface area contributed by atoms with E-state index in [1.807, 2.05) is 25.1 Å². The van der Waals surface area contributed by atoms with Crippen LogP contribution in [0.25, 0.3) is 0 Å². The Morgan fingerprint density at radius 1 is 1.03 bits per heavy atom. The highest BCUT2D eigenvalue weighted by atomic mass is 16.2. The van der Waals surface area contributed by atoms with Gasteiger partial charge < -0.3 is 16.0 Å². The molecule has 1 atom stereocenters. The fraction of sp³-hybridized carbons (Fsp3) is 0.385. The van der Waals surface area contributed by atoms with E-state index < -0.39 is 29.9 Å². The average molecular weight is 463 g/mol. The van der Waals surface area contributed by atoms with E-state index in [0.29, 0.717) is 29.7 Å². The van der Waals surface area contributed by atoms with Crippen molar-refractivity contribution in [1.82, 2.24) is 15.5 Å². The quantitative estimate of drug-likeness (QED) is 0.522. The number of nitrogens with one attached hydrogen (secondary N) is 3. The number of para-hydroxylation sites is 1. The van der Waals surface area contributed by atoms with Crippen molar-refractivity contribution >= 4 is 29.4 Å². The smallest absolute Gasteiger partial charge is 0.325 e. The molecule has 1 saturated carbocycles. The van der Waals surface area contributed by atoms with Gasteiger partial charge in [-0.15, -0.1) is 0 Å². The molecule has 1 aliphatic heterocycles. The van der Waals surface area contributed by atoms with E-state index in [4.69, 9.17) is 0 Å². The monoisotopic (exact) mass is 462 g/mol. The summed E-state index contributed by atoms with van der Waals surface area (Å²) in [5.74, 6) is -1.25. The second-order valence-electron chi connectivity index (χ2n) is 8.89. The maximum absolute atomic E-state index is 13.4. The van der Waals surface area contributed by atoms with Gasteiger partial charge >= 0.3 is 6.03 Å². The van der Waals surface area contributed by atoms with Crippen LogP contribution in [-0.4, -0.2) is 41.2 Å². The molecule has 0 radical (unpaired) electrons. The molecule has 2 aromatic carbocycles. The largest absolute Gasteiger partial charge is 0.349 e. The number of rotatable bonds is 8. The Morgan fingerprint density at radius 3 is 2.41 bits per heavy atom. The highest BCUT2D eigenvalue weighted by Gasteiger charge is 2.52. The lowest BCUT2D eigenvalue weighted by molar-refractivity contribution is -0.134. The topological polar surface area (TPSA) is 108 Å². The van der Waals surface area contributed by atoms with E-state index in [1.54, 1.807) is 36.4 Å². The third-order valence-corrected chi connectivity index (χ3v) is 6.51. The van der Waals surface area contributed by atoms with E-state index in [9.17, 15) is 19.2 Å². The summed E-state index contributed by atoms with van der Waals surface area (Å²) in [6, 6.07) is 15.4. The molecule has 1 aliphatic carbocycles. The first-order valence-corrected chi connectivity index (χ1v) is 11.8. The van der Waals surface area contributed by atoms with Crippen molar-refractivity contribution in [2.24, 2.45) is 0 Å². The summed E-state index contributed by atoms with van der Waals surface area (Å²) in [5.41, 5.74) is 0.196. The Balaban J connectivity index is 1.48. The van der Waals surface area contributed by atoms with E-state index >= 15 is 0 Å². The second-order valence-corrected chi connectivity index (χ2v) is 8.89. The highest BCUT2D eigenvalue weighted by Crippen LogP contribution is 2.33. The third kappa shape index (κ3) is 4.66. The van der Waals surface area contributed by atoms with Crippen molar-refractivity contribution < 1.29 is 19.2 Å². The summed E-state index contributed by atoms with van der Waals surface area (Å²) in [7, 11) is 0. The van der Waals surface area contributed by atoms with Gasteiger partial charge in [0.15, 0.2) is 0 Å². The minimum Gasteiger partial charge on any atom is -0.349 e. The number of imide groups is 1. The normalized spacial score (nSPS) is 20.3. The molecule has 5 amide bonds. The van der Waals surface area contributed by atoms with Crippen LogP contribution in [0.5, 0.6) is 0 Å². The predicted molar refractivity (Wildman–Crippen MR) is 128 cm³/mol. The minimum absolute atomic E-state index is 0.145. The van der Waals surface area contributed by atoms with Crippen LogP contribution in [0.1, 0.15) is 61.4 Å². The first-order valence-electron chi connectivity index (χ1n) is 11.8. The number of carbonyl (C=O) groups excluding carboxylic acids is 4. The fourth-order valence-electron chi connectivity index (χ4n) is 4.83. The molecule has 2 aromatic rings. The number of benzene rings is 2. The molecule has 0 spiro atoms. The number of hydrogen-bond donors (Lipinski definition) is 3. The molecule has 3 N–H and O–H groups in total. The molecule has 0 bridgehead atoms. The molecule has 178 valence electrons. The maximum Gasteiger partial charge on any atom is 0.325 e. The van der Waals surface area contributed by atoms with Crippen molar-refractivity contribution in [2.45, 2.75) is 57.0 Å². The van der Waals surface area contributed by atoms with Gasteiger partial charge in [0.2, 0.25) is 5.91 Å². The maximum atomic E-state index is 13.4.